The summed E-state index contributed by atoms with van der Waals surface area (Å²) in [6.07, 6.45) is 0.371. The summed E-state index contributed by atoms with van der Waals surface area (Å²) < 4.78 is 1.27. The highest BCUT2D eigenvalue weighted by atomic mass is 32.1. The van der Waals surface area contributed by atoms with Gasteiger partial charge in [0.15, 0.2) is 0 Å². The van der Waals surface area contributed by atoms with Crippen LogP contribution in [-0.2, 0) is 17.8 Å². The van der Waals surface area contributed by atoms with Crippen molar-refractivity contribution in [2.24, 2.45) is 0 Å². The minimum atomic E-state index is 0.00995. The summed E-state index contributed by atoms with van der Waals surface area (Å²) in [6, 6.07) is 8.32. The number of carbonyl (C=O) groups excluding carboxylic acids is 1. The molecule has 1 saturated heterocycles. The summed E-state index contributed by atoms with van der Waals surface area (Å²) in [5, 5.41) is 6.81. The van der Waals surface area contributed by atoms with Crippen LogP contribution in [0.1, 0.15) is 21.6 Å². The first-order chi connectivity index (χ1) is 11.7. The van der Waals surface area contributed by atoms with Gasteiger partial charge in [-0.2, -0.15) is 0 Å². The molecule has 5 nitrogen and oxygen atoms in total. The Kier molecular flexibility index (Phi) is 4.30. The molecule has 1 fully saturated rings. The highest BCUT2D eigenvalue weighted by Gasteiger charge is 2.30. The van der Waals surface area contributed by atoms with Gasteiger partial charge in [-0.3, -0.25) is 9.69 Å². The zero-order valence-electron chi connectivity index (χ0n) is 13.4. The predicted octanol–water partition coefficient (Wildman–Crippen LogP) is 2.64. The fourth-order valence-electron chi connectivity index (χ4n) is 2.88. The molecule has 1 N–H and O–H groups in total. The number of nitrogens with zero attached hydrogens (tertiary/aromatic N) is 3. The number of hydrogen-bond donors (Lipinski definition) is 1. The molecule has 0 atom stereocenters. The second-order valence-corrected chi connectivity index (χ2v) is 8.00. The summed E-state index contributed by atoms with van der Waals surface area (Å²) in [5.41, 5.74) is 2.16. The Balaban J connectivity index is 1.33. The lowest BCUT2D eigenvalue weighted by molar-refractivity contribution is -0.119. The number of rotatable bonds is 5. The molecule has 2 aromatic heterocycles. The number of carbonyl (C=O) groups is 1. The van der Waals surface area contributed by atoms with E-state index < -0.39 is 0 Å². The third kappa shape index (κ3) is 3.19. The third-order valence-electron chi connectivity index (χ3n) is 4.19. The molecule has 7 heteroatoms. The lowest BCUT2D eigenvalue weighted by Gasteiger charge is -2.37. The van der Waals surface area contributed by atoms with Crippen molar-refractivity contribution in [2.45, 2.75) is 18.9 Å². The third-order valence-corrected chi connectivity index (χ3v) is 6.29. The van der Waals surface area contributed by atoms with Crippen LogP contribution in [0.3, 0.4) is 0 Å². The molecular weight excluding hydrogens is 340 g/mol. The number of aromatic nitrogens is 2. The Labute approximate surface area is 148 Å². The van der Waals surface area contributed by atoms with Gasteiger partial charge >= 0.3 is 0 Å². The summed E-state index contributed by atoms with van der Waals surface area (Å²) >= 11 is 3.37. The topological polar surface area (TPSA) is 58.1 Å². The molecule has 1 aliphatic heterocycles. The van der Waals surface area contributed by atoms with E-state index in [2.05, 4.69) is 38.8 Å². The van der Waals surface area contributed by atoms with Crippen LogP contribution in [-0.4, -0.2) is 40.9 Å². The van der Waals surface area contributed by atoms with Gasteiger partial charge in [0.2, 0.25) is 5.91 Å². The number of fused-ring (bicyclic) bond motifs is 1. The van der Waals surface area contributed by atoms with E-state index in [9.17, 15) is 4.79 Å². The van der Waals surface area contributed by atoms with E-state index in [1.807, 2.05) is 17.4 Å². The summed E-state index contributed by atoms with van der Waals surface area (Å²) in [6.45, 7) is 2.91. The van der Waals surface area contributed by atoms with Gasteiger partial charge in [0.25, 0.3) is 0 Å². The minimum absolute atomic E-state index is 0.00995. The van der Waals surface area contributed by atoms with E-state index in [0.29, 0.717) is 12.3 Å². The Morgan fingerprint density at radius 1 is 1.33 bits per heavy atom. The van der Waals surface area contributed by atoms with E-state index >= 15 is 0 Å². The average Bonchev–Trinajstić information content (AvgIpc) is 3.16. The molecule has 24 heavy (non-hydrogen) atoms. The zero-order chi connectivity index (χ0) is 16.5. The van der Waals surface area contributed by atoms with Crippen LogP contribution in [0.25, 0.3) is 10.2 Å². The van der Waals surface area contributed by atoms with Crippen molar-refractivity contribution in [2.75, 3.05) is 20.1 Å². The molecule has 0 radical (unpaired) electrons. The van der Waals surface area contributed by atoms with Crippen LogP contribution >= 0.6 is 22.7 Å². The van der Waals surface area contributed by atoms with Crippen LogP contribution in [0.2, 0.25) is 0 Å². The van der Waals surface area contributed by atoms with Gasteiger partial charge in [0.1, 0.15) is 5.01 Å². The molecular formula is C17H18N4OS2. The fraction of sp³-hybridized carbons (Fsp3) is 0.353. The smallest absolute Gasteiger partial charge is 0.226 e. The molecule has 0 saturated carbocycles. The number of likely N-dealkylation sites (N-methyl/N-ethyl adjacent to an activating group) is 1. The highest BCUT2D eigenvalue weighted by molar-refractivity contribution is 7.18. The molecule has 4 rings (SSSR count). The number of hydrogen-bond acceptors (Lipinski definition) is 6. The maximum atomic E-state index is 11.4. The maximum absolute atomic E-state index is 11.4. The van der Waals surface area contributed by atoms with Crippen molar-refractivity contribution in [1.29, 1.82) is 0 Å². The molecule has 1 aromatic carbocycles. The van der Waals surface area contributed by atoms with Crippen LogP contribution < -0.4 is 5.32 Å². The van der Waals surface area contributed by atoms with E-state index in [1.54, 1.807) is 18.4 Å². The van der Waals surface area contributed by atoms with E-state index in [0.717, 1.165) is 35.9 Å². The van der Waals surface area contributed by atoms with E-state index in [4.69, 9.17) is 4.98 Å². The molecule has 1 aliphatic rings. The van der Waals surface area contributed by atoms with E-state index in [1.165, 1.54) is 9.71 Å². The van der Waals surface area contributed by atoms with Crippen molar-refractivity contribution in [3.8, 4) is 0 Å². The summed E-state index contributed by atoms with van der Waals surface area (Å²) in [7, 11) is 1.65. The SMILES string of the molecule is CNC(=O)Cc1nc(CN2CC(c3nc4ccccc4s3)C2)cs1. The van der Waals surface area contributed by atoms with Gasteiger partial charge in [0, 0.05) is 38.0 Å². The van der Waals surface area contributed by atoms with Gasteiger partial charge in [-0.05, 0) is 12.1 Å². The molecule has 124 valence electrons. The molecule has 0 spiro atoms. The molecule has 1 amide bonds. The van der Waals surface area contributed by atoms with Crippen molar-refractivity contribution >= 4 is 38.8 Å². The maximum Gasteiger partial charge on any atom is 0.226 e. The average molecular weight is 358 g/mol. The van der Waals surface area contributed by atoms with E-state index in [-0.39, 0.29) is 5.91 Å². The Bertz CT molecular complexity index is 833. The molecule has 0 aliphatic carbocycles. The molecule has 0 bridgehead atoms. The minimum Gasteiger partial charge on any atom is -0.359 e. The van der Waals surface area contributed by atoms with Gasteiger partial charge in [-0.15, -0.1) is 22.7 Å². The predicted molar refractivity (Wildman–Crippen MR) is 97.5 cm³/mol. The normalized spacial score (nSPS) is 15.5. The van der Waals surface area contributed by atoms with Gasteiger partial charge in [-0.1, -0.05) is 12.1 Å². The van der Waals surface area contributed by atoms with Crippen molar-refractivity contribution in [1.82, 2.24) is 20.2 Å². The Morgan fingerprint density at radius 2 is 2.17 bits per heavy atom. The summed E-state index contributed by atoms with van der Waals surface area (Å²) in [5.74, 6) is 0.544. The quantitative estimate of drug-likeness (QED) is 0.762. The first kappa shape index (κ1) is 15.7. The zero-order valence-corrected chi connectivity index (χ0v) is 15.0. The second-order valence-electron chi connectivity index (χ2n) is 5.99. The lowest BCUT2D eigenvalue weighted by atomic mass is 10.0. The standard InChI is InChI=1S/C17H18N4OS2/c1-18-15(22)6-16-19-12(10-23-16)9-21-7-11(8-21)17-20-13-4-2-3-5-14(13)24-17/h2-5,10-11H,6-9H2,1H3,(H,18,22). The van der Waals surface area contributed by atoms with Gasteiger partial charge < -0.3 is 5.32 Å². The second kappa shape index (κ2) is 6.58. The number of nitrogens with one attached hydrogen (secondary N) is 1. The first-order valence-electron chi connectivity index (χ1n) is 7.93. The highest BCUT2D eigenvalue weighted by Crippen LogP contribution is 2.33. The molecule has 3 aromatic rings. The van der Waals surface area contributed by atoms with Crippen molar-refractivity contribution in [3.63, 3.8) is 0 Å². The Morgan fingerprint density at radius 3 is 2.96 bits per heavy atom. The van der Waals surface area contributed by atoms with Crippen LogP contribution in [0.5, 0.6) is 0 Å². The number of likely N-dealkylation sites (tertiary alicyclic amines) is 1. The first-order valence-corrected chi connectivity index (χ1v) is 9.62. The van der Waals surface area contributed by atoms with Crippen molar-refractivity contribution < 1.29 is 4.79 Å². The monoisotopic (exact) mass is 358 g/mol. The fourth-order valence-corrected chi connectivity index (χ4v) is 4.71. The van der Waals surface area contributed by atoms with Gasteiger partial charge in [0.05, 0.1) is 27.3 Å². The number of para-hydroxylation sites is 1. The summed E-state index contributed by atoms with van der Waals surface area (Å²) in [4.78, 5) is 23.1. The van der Waals surface area contributed by atoms with Crippen molar-refractivity contribution in [3.05, 3.63) is 45.4 Å². The molecule has 3 heterocycles. The van der Waals surface area contributed by atoms with Crippen LogP contribution in [0.4, 0.5) is 0 Å². The number of amides is 1. The van der Waals surface area contributed by atoms with Gasteiger partial charge in [-0.25, -0.2) is 9.97 Å². The van der Waals surface area contributed by atoms with Crippen LogP contribution in [0, 0.1) is 0 Å². The van der Waals surface area contributed by atoms with Crippen LogP contribution in [0.15, 0.2) is 29.6 Å². The largest absolute Gasteiger partial charge is 0.359 e. The lowest BCUT2D eigenvalue weighted by Crippen LogP contribution is -2.44. The molecule has 0 unspecified atom stereocenters. The number of benzene rings is 1. The number of thiazole rings is 2. The Hall–Kier alpha value is -1.83.